The van der Waals surface area contributed by atoms with Gasteiger partial charge in [-0.3, -0.25) is 4.79 Å². The van der Waals surface area contributed by atoms with Crippen molar-refractivity contribution >= 4 is 5.91 Å². The zero-order valence-electron chi connectivity index (χ0n) is 13.0. The topological polar surface area (TPSA) is 63.1 Å². The van der Waals surface area contributed by atoms with E-state index in [0.717, 1.165) is 51.1 Å². The molecule has 3 heterocycles. The van der Waals surface area contributed by atoms with Crippen LogP contribution in [0.5, 0.6) is 0 Å². The second kappa shape index (κ2) is 6.13. The lowest BCUT2D eigenvalue weighted by Crippen LogP contribution is -2.47. The molecule has 2 atom stereocenters. The van der Waals surface area contributed by atoms with Gasteiger partial charge in [-0.05, 0) is 46.1 Å². The van der Waals surface area contributed by atoms with Gasteiger partial charge in [-0.15, -0.1) is 10.2 Å². The van der Waals surface area contributed by atoms with Gasteiger partial charge in [0.25, 0.3) is 0 Å². The zero-order valence-corrected chi connectivity index (χ0v) is 13.0. The SMILES string of the molecule is CC(C)n1cnnc1[C@H]1CCCN(C(=O)[C@@H]2CCCN2)C1. The fourth-order valence-electron chi connectivity index (χ4n) is 3.45. The van der Waals surface area contributed by atoms with Crippen LogP contribution in [0.25, 0.3) is 0 Å². The van der Waals surface area contributed by atoms with Gasteiger partial charge in [-0.1, -0.05) is 0 Å². The van der Waals surface area contributed by atoms with Crippen LogP contribution in [0, 0.1) is 0 Å². The highest BCUT2D eigenvalue weighted by Gasteiger charge is 2.32. The summed E-state index contributed by atoms with van der Waals surface area (Å²) in [6.45, 7) is 6.91. The Hall–Kier alpha value is -1.43. The van der Waals surface area contributed by atoms with Crippen molar-refractivity contribution in [2.75, 3.05) is 19.6 Å². The standard InChI is InChI=1S/C15H25N5O/c1-11(2)20-10-17-18-14(20)12-5-4-8-19(9-12)15(21)13-6-3-7-16-13/h10-13,16H,3-9H2,1-2H3/t12-,13-/m0/s1. The Bertz CT molecular complexity index is 492. The summed E-state index contributed by atoms with van der Waals surface area (Å²) in [6, 6.07) is 0.393. The molecule has 1 amide bonds. The van der Waals surface area contributed by atoms with Crippen molar-refractivity contribution in [2.24, 2.45) is 0 Å². The molecule has 0 aromatic carbocycles. The Kier molecular flexibility index (Phi) is 4.24. The molecule has 6 heteroatoms. The van der Waals surface area contributed by atoms with Gasteiger partial charge >= 0.3 is 0 Å². The number of carbonyl (C=O) groups excluding carboxylic acids is 1. The summed E-state index contributed by atoms with van der Waals surface area (Å²) in [5.74, 6) is 1.61. The van der Waals surface area contributed by atoms with E-state index in [1.807, 2.05) is 4.90 Å². The summed E-state index contributed by atoms with van der Waals surface area (Å²) in [5, 5.41) is 11.7. The summed E-state index contributed by atoms with van der Waals surface area (Å²) in [7, 11) is 0. The number of rotatable bonds is 3. The van der Waals surface area contributed by atoms with E-state index in [4.69, 9.17) is 0 Å². The van der Waals surface area contributed by atoms with Gasteiger partial charge in [-0.2, -0.15) is 0 Å². The fraction of sp³-hybridized carbons (Fsp3) is 0.800. The van der Waals surface area contributed by atoms with Crippen LogP contribution in [0.1, 0.15) is 57.3 Å². The van der Waals surface area contributed by atoms with Gasteiger partial charge in [0.2, 0.25) is 5.91 Å². The third-order valence-corrected chi connectivity index (χ3v) is 4.61. The van der Waals surface area contributed by atoms with Gasteiger partial charge in [0.1, 0.15) is 12.2 Å². The van der Waals surface area contributed by atoms with Crippen LogP contribution in [-0.2, 0) is 4.79 Å². The molecule has 116 valence electrons. The minimum Gasteiger partial charge on any atom is -0.341 e. The van der Waals surface area contributed by atoms with E-state index in [1.54, 1.807) is 6.33 Å². The summed E-state index contributed by atoms with van der Waals surface area (Å²) in [5.41, 5.74) is 0. The molecule has 0 radical (unpaired) electrons. The summed E-state index contributed by atoms with van der Waals surface area (Å²) < 4.78 is 2.13. The maximum Gasteiger partial charge on any atom is 0.239 e. The second-order valence-electron chi connectivity index (χ2n) is 6.46. The van der Waals surface area contributed by atoms with Crippen LogP contribution in [0.2, 0.25) is 0 Å². The highest BCUT2D eigenvalue weighted by atomic mass is 16.2. The average Bonchev–Trinajstić information content (AvgIpc) is 3.17. The quantitative estimate of drug-likeness (QED) is 0.912. The van der Waals surface area contributed by atoms with Gasteiger partial charge in [0.05, 0.1) is 6.04 Å². The van der Waals surface area contributed by atoms with Crippen molar-refractivity contribution in [1.29, 1.82) is 0 Å². The Morgan fingerprint density at radius 3 is 2.95 bits per heavy atom. The van der Waals surface area contributed by atoms with E-state index in [-0.39, 0.29) is 11.9 Å². The van der Waals surface area contributed by atoms with Crippen LogP contribution in [0.15, 0.2) is 6.33 Å². The smallest absolute Gasteiger partial charge is 0.239 e. The van der Waals surface area contributed by atoms with Gasteiger partial charge in [0.15, 0.2) is 0 Å². The largest absolute Gasteiger partial charge is 0.341 e. The predicted molar refractivity (Wildman–Crippen MR) is 80.0 cm³/mol. The molecule has 0 bridgehead atoms. The molecule has 1 N–H and O–H groups in total. The lowest BCUT2D eigenvalue weighted by molar-refractivity contribution is -0.134. The molecule has 0 aliphatic carbocycles. The fourth-order valence-corrected chi connectivity index (χ4v) is 3.45. The normalized spacial score (nSPS) is 26.5. The minimum absolute atomic E-state index is 0.0340. The molecule has 21 heavy (non-hydrogen) atoms. The van der Waals surface area contributed by atoms with Crippen LogP contribution >= 0.6 is 0 Å². The molecule has 1 aromatic rings. The molecular formula is C15H25N5O. The van der Waals surface area contributed by atoms with E-state index in [1.165, 1.54) is 0 Å². The van der Waals surface area contributed by atoms with Crippen molar-refractivity contribution < 1.29 is 4.79 Å². The second-order valence-corrected chi connectivity index (χ2v) is 6.46. The third-order valence-electron chi connectivity index (χ3n) is 4.61. The molecule has 0 unspecified atom stereocenters. The molecule has 2 aliphatic heterocycles. The first-order valence-electron chi connectivity index (χ1n) is 8.08. The maximum atomic E-state index is 12.6. The number of hydrogen-bond donors (Lipinski definition) is 1. The lowest BCUT2D eigenvalue weighted by atomic mass is 9.96. The number of likely N-dealkylation sites (tertiary alicyclic amines) is 1. The molecule has 0 saturated carbocycles. The Balaban J connectivity index is 1.70. The molecule has 2 fully saturated rings. The van der Waals surface area contributed by atoms with Crippen molar-refractivity contribution in [1.82, 2.24) is 25.0 Å². The monoisotopic (exact) mass is 291 g/mol. The number of nitrogens with zero attached hydrogens (tertiary/aromatic N) is 4. The van der Waals surface area contributed by atoms with E-state index < -0.39 is 0 Å². The zero-order chi connectivity index (χ0) is 14.8. The van der Waals surface area contributed by atoms with Crippen molar-refractivity contribution in [3.63, 3.8) is 0 Å². The number of hydrogen-bond acceptors (Lipinski definition) is 4. The van der Waals surface area contributed by atoms with Gasteiger partial charge in [0, 0.05) is 25.0 Å². The number of nitrogens with one attached hydrogen (secondary N) is 1. The van der Waals surface area contributed by atoms with Crippen molar-refractivity contribution in [3.05, 3.63) is 12.2 Å². The molecular weight excluding hydrogens is 266 g/mol. The average molecular weight is 291 g/mol. The minimum atomic E-state index is 0.0340. The summed E-state index contributed by atoms with van der Waals surface area (Å²) in [6.07, 6.45) is 6.03. The first-order valence-corrected chi connectivity index (χ1v) is 8.08. The van der Waals surface area contributed by atoms with Crippen molar-refractivity contribution in [3.8, 4) is 0 Å². The molecule has 6 nitrogen and oxygen atoms in total. The molecule has 3 rings (SSSR count). The number of amides is 1. The first kappa shape index (κ1) is 14.5. The molecule has 0 spiro atoms. The van der Waals surface area contributed by atoms with Crippen LogP contribution in [0.4, 0.5) is 0 Å². The third kappa shape index (κ3) is 2.95. The summed E-state index contributed by atoms with van der Waals surface area (Å²) in [4.78, 5) is 14.6. The van der Waals surface area contributed by atoms with E-state index in [9.17, 15) is 4.79 Å². The lowest BCUT2D eigenvalue weighted by Gasteiger charge is -2.34. The molecule has 1 aromatic heterocycles. The van der Waals surface area contributed by atoms with Crippen LogP contribution in [-0.4, -0.2) is 51.2 Å². The molecule has 2 aliphatic rings. The highest BCUT2D eigenvalue weighted by Crippen LogP contribution is 2.27. The van der Waals surface area contributed by atoms with Crippen LogP contribution in [0.3, 0.4) is 0 Å². The van der Waals surface area contributed by atoms with E-state index in [0.29, 0.717) is 12.0 Å². The van der Waals surface area contributed by atoms with Crippen LogP contribution < -0.4 is 5.32 Å². The first-order chi connectivity index (χ1) is 10.2. The number of aromatic nitrogens is 3. The van der Waals surface area contributed by atoms with Crippen molar-refractivity contribution in [2.45, 2.75) is 57.5 Å². The Morgan fingerprint density at radius 2 is 2.24 bits per heavy atom. The van der Waals surface area contributed by atoms with E-state index >= 15 is 0 Å². The number of piperidine rings is 1. The molecule has 2 saturated heterocycles. The Morgan fingerprint density at radius 1 is 1.38 bits per heavy atom. The highest BCUT2D eigenvalue weighted by molar-refractivity contribution is 5.82. The van der Waals surface area contributed by atoms with Gasteiger partial charge in [-0.25, -0.2) is 0 Å². The predicted octanol–water partition coefficient (Wildman–Crippen LogP) is 1.32. The number of carbonyl (C=O) groups is 1. The summed E-state index contributed by atoms with van der Waals surface area (Å²) >= 11 is 0. The van der Waals surface area contributed by atoms with E-state index in [2.05, 4.69) is 33.9 Å². The maximum absolute atomic E-state index is 12.6. The van der Waals surface area contributed by atoms with Gasteiger partial charge < -0.3 is 14.8 Å². The Labute approximate surface area is 125 Å².